The predicted molar refractivity (Wildman–Crippen MR) is 81.2 cm³/mol. The van der Waals surface area contributed by atoms with Crippen LogP contribution in [-0.4, -0.2) is 44.9 Å². The molecule has 1 aromatic carbocycles. The third-order valence-corrected chi connectivity index (χ3v) is 3.96. The lowest BCUT2D eigenvalue weighted by atomic mass is 10.0. The molecule has 2 rings (SSSR count). The Morgan fingerprint density at radius 1 is 1.50 bits per heavy atom. The molecule has 1 saturated heterocycles. The van der Waals surface area contributed by atoms with Crippen LogP contribution < -0.4 is 10.1 Å². The van der Waals surface area contributed by atoms with Crippen LogP contribution in [0.4, 0.5) is 0 Å². The quantitative estimate of drug-likeness (QED) is 0.895. The fraction of sp³-hybridized carbons (Fsp3) is 0.625. The van der Waals surface area contributed by atoms with Crippen molar-refractivity contribution >= 4 is 0 Å². The molecule has 1 N–H and O–H groups in total. The first-order chi connectivity index (χ1) is 9.63. The summed E-state index contributed by atoms with van der Waals surface area (Å²) in [5, 5.41) is 3.28. The highest BCUT2D eigenvalue weighted by Gasteiger charge is 2.18. The van der Waals surface area contributed by atoms with Gasteiger partial charge in [0.25, 0.3) is 0 Å². The largest absolute Gasteiger partial charge is 0.496 e. The first-order valence-electron chi connectivity index (χ1n) is 7.32. The molecule has 1 heterocycles. The zero-order chi connectivity index (χ0) is 14.5. The Morgan fingerprint density at radius 3 is 2.95 bits per heavy atom. The average molecular weight is 278 g/mol. The van der Waals surface area contributed by atoms with Gasteiger partial charge in [-0.25, -0.2) is 0 Å². The predicted octanol–water partition coefficient (Wildman–Crippen LogP) is 2.20. The molecule has 4 nitrogen and oxygen atoms in total. The Balaban J connectivity index is 2.15. The van der Waals surface area contributed by atoms with Gasteiger partial charge in [-0.2, -0.15) is 0 Å². The van der Waals surface area contributed by atoms with Crippen molar-refractivity contribution in [3.8, 4) is 5.75 Å². The Kier molecular flexibility index (Phi) is 5.40. The number of hydrogen-bond donors (Lipinski definition) is 1. The fourth-order valence-electron chi connectivity index (χ4n) is 2.63. The number of benzene rings is 1. The van der Waals surface area contributed by atoms with Crippen LogP contribution in [-0.2, 0) is 11.3 Å². The monoisotopic (exact) mass is 278 g/mol. The molecule has 0 aliphatic carbocycles. The molecule has 4 heteroatoms. The second kappa shape index (κ2) is 7.07. The van der Waals surface area contributed by atoms with E-state index in [0.717, 1.165) is 32.0 Å². The van der Waals surface area contributed by atoms with E-state index in [2.05, 4.69) is 42.3 Å². The fourth-order valence-corrected chi connectivity index (χ4v) is 2.63. The standard InChI is InChI=1S/C16H26N2O2/c1-12-10-18(7-8-20-12)11-15-9-14(13(2)17-3)5-6-16(15)19-4/h5-6,9,12-13,17H,7-8,10-11H2,1-4H3. The van der Waals surface area contributed by atoms with Crippen molar-refractivity contribution in [1.82, 2.24) is 10.2 Å². The van der Waals surface area contributed by atoms with Crippen LogP contribution in [0.25, 0.3) is 0 Å². The van der Waals surface area contributed by atoms with Crippen LogP contribution in [0.1, 0.15) is 31.0 Å². The van der Waals surface area contributed by atoms with Crippen LogP contribution in [0.15, 0.2) is 18.2 Å². The van der Waals surface area contributed by atoms with Gasteiger partial charge in [-0.15, -0.1) is 0 Å². The van der Waals surface area contributed by atoms with Gasteiger partial charge in [0.05, 0.1) is 19.8 Å². The van der Waals surface area contributed by atoms with Gasteiger partial charge in [0.2, 0.25) is 0 Å². The second-order valence-electron chi connectivity index (χ2n) is 5.50. The van der Waals surface area contributed by atoms with Crippen LogP contribution in [0.2, 0.25) is 0 Å². The highest BCUT2D eigenvalue weighted by atomic mass is 16.5. The summed E-state index contributed by atoms with van der Waals surface area (Å²) < 4.78 is 11.1. The number of nitrogens with one attached hydrogen (secondary N) is 1. The molecule has 1 fully saturated rings. The zero-order valence-electron chi connectivity index (χ0n) is 13.0. The minimum absolute atomic E-state index is 0.314. The highest BCUT2D eigenvalue weighted by Crippen LogP contribution is 2.25. The number of hydrogen-bond acceptors (Lipinski definition) is 4. The minimum Gasteiger partial charge on any atom is -0.496 e. The van der Waals surface area contributed by atoms with E-state index in [0.29, 0.717) is 12.1 Å². The number of nitrogens with zero attached hydrogens (tertiary/aromatic N) is 1. The first-order valence-corrected chi connectivity index (χ1v) is 7.32. The van der Waals surface area contributed by atoms with E-state index in [1.54, 1.807) is 7.11 Å². The van der Waals surface area contributed by atoms with Crippen molar-refractivity contribution in [2.45, 2.75) is 32.5 Å². The van der Waals surface area contributed by atoms with Crippen LogP contribution in [0, 0.1) is 0 Å². The summed E-state index contributed by atoms with van der Waals surface area (Å²) in [4.78, 5) is 2.43. The Hall–Kier alpha value is -1.10. The topological polar surface area (TPSA) is 33.7 Å². The molecule has 0 amide bonds. The number of morpholine rings is 1. The van der Waals surface area contributed by atoms with Crippen molar-refractivity contribution < 1.29 is 9.47 Å². The van der Waals surface area contributed by atoms with Crippen LogP contribution in [0.5, 0.6) is 5.75 Å². The summed E-state index contributed by atoms with van der Waals surface area (Å²) >= 11 is 0. The van der Waals surface area contributed by atoms with Gasteiger partial charge in [-0.05, 0) is 38.6 Å². The normalized spacial score (nSPS) is 21.7. The van der Waals surface area contributed by atoms with Crippen molar-refractivity contribution in [3.05, 3.63) is 29.3 Å². The van der Waals surface area contributed by atoms with E-state index < -0.39 is 0 Å². The summed E-state index contributed by atoms with van der Waals surface area (Å²) in [6, 6.07) is 6.80. The maximum atomic E-state index is 5.60. The molecular weight excluding hydrogens is 252 g/mol. The molecule has 1 aliphatic heterocycles. The van der Waals surface area contributed by atoms with E-state index in [-0.39, 0.29) is 0 Å². The third kappa shape index (κ3) is 3.72. The second-order valence-corrected chi connectivity index (χ2v) is 5.50. The highest BCUT2D eigenvalue weighted by molar-refractivity contribution is 5.38. The van der Waals surface area contributed by atoms with E-state index in [9.17, 15) is 0 Å². The number of rotatable bonds is 5. The van der Waals surface area contributed by atoms with E-state index in [1.807, 2.05) is 7.05 Å². The molecule has 1 aliphatic rings. The number of ether oxygens (including phenoxy) is 2. The van der Waals surface area contributed by atoms with Crippen molar-refractivity contribution in [3.63, 3.8) is 0 Å². The summed E-state index contributed by atoms with van der Waals surface area (Å²) in [6.07, 6.45) is 0.314. The zero-order valence-corrected chi connectivity index (χ0v) is 13.0. The summed E-state index contributed by atoms with van der Waals surface area (Å²) in [6.45, 7) is 8.00. The molecule has 2 atom stereocenters. The molecule has 0 aromatic heterocycles. The molecule has 112 valence electrons. The van der Waals surface area contributed by atoms with Gasteiger partial charge >= 0.3 is 0 Å². The lowest BCUT2D eigenvalue weighted by Gasteiger charge is -2.31. The molecule has 0 saturated carbocycles. The Morgan fingerprint density at radius 2 is 2.30 bits per heavy atom. The van der Waals surface area contributed by atoms with Crippen LogP contribution in [0.3, 0.4) is 0 Å². The molecule has 0 spiro atoms. The van der Waals surface area contributed by atoms with Gasteiger partial charge in [0.15, 0.2) is 0 Å². The smallest absolute Gasteiger partial charge is 0.123 e. The summed E-state index contributed by atoms with van der Waals surface area (Å²) in [7, 11) is 3.72. The molecule has 1 aromatic rings. The molecule has 2 unspecified atom stereocenters. The van der Waals surface area contributed by atoms with Crippen molar-refractivity contribution in [1.29, 1.82) is 0 Å². The molecular formula is C16H26N2O2. The number of methoxy groups -OCH3 is 1. The van der Waals surface area contributed by atoms with Gasteiger partial charge in [0, 0.05) is 31.2 Å². The van der Waals surface area contributed by atoms with E-state index in [1.165, 1.54) is 11.1 Å². The van der Waals surface area contributed by atoms with Crippen molar-refractivity contribution in [2.75, 3.05) is 33.9 Å². The maximum Gasteiger partial charge on any atom is 0.123 e. The Bertz CT molecular complexity index is 436. The van der Waals surface area contributed by atoms with Gasteiger partial charge < -0.3 is 14.8 Å². The van der Waals surface area contributed by atoms with Gasteiger partial charge in [-0.1, -0.05) is 6.07 Å². The average Bonchev–Trinajstić information content (AvgIpc) is 2.46. The maximum absolute atomic E-state index is 5.60. The first kappa shape index (κ1) is 15.3. The SMILES string of the molecule is CNC(C)c1ccc(OC)c(CN2CCOC(C)C2)c1. The molecule has 0 radical (unpaired) electrons. The lowest BCUT2D eigenvalue weighted by molar-refractivity contribution is -0.0214. The molecule has 20 heavy (non-hydrogen) atoms. The molecule has 0 bridgehead atoms. The Labute approximate surface area is 122 Å². The van der Waals surface area contributed by atoms with Gasteiger partial charge in [0.1, 0.15) is 5.75 Å². The minimum atomic E-state index is 0.314. The lowest BCUT2D eigenvalue weighted by Crippen LogP contribution is -2.40. The van der Waals surface area contributed by atoms with Crippen molar-refractivity contribution in [2.24, 2.45) is 0 Å². The third-order valence-electron chi connectivity index (χ3n) is 3.96. The van der Waals surface area contributed by atoms with E-state index >= 15 is 0 Å². The summed E-state index contributed by atoms with van der Waals surface area (Å²) in [5.41, 5.74) is 2.55. The summed E-state index contributed by atoms with van der Waals surface area (Å²) in [5.74, 6) is 0.969. The van der Waals surface area contributed by atoms with E-state index in [4.69, 9.17) is 9.47 Å². The van der Waals surface area contributed by atoms with Crippen LogP contribution >= 0.6 is 0 Å². The van der Waals surface area contributed by atoms with Gasteiger partial charge in [-0.3, -0.25) is 4.90 Å².